The number of carbonyl (C=O) groups excluding carboxylic acids is 1. The maximum Gasteiger partial charge on any atom is 0.255 e. The third-order valence-corrected chi connectivity index (χ3v) is 6.53. The standard InChI is InChI=1S/C29H22F2N8O/c1-39(28-20(3-2-8-33-28)29(40)36-14-17-4-5-23(30)24(31)11-17)26-13-18(6-9-32-26)22-16-35-27-21(22)12-19(15-34-27)25-7-10-37-38-25/h2-13,15-16H,14H2,1H3,(H,34,35)(H,36,40)(H,37,38). The van der Waals surface area contributed by atoms with Crippen molar-refractivity contribution in [3.05, 3.63) is 108 Å². The quantitative estimate of drug-likeness (QED) is 0.252. The van der Waals surface area contributed by atoms with Gasteiger partial charge in [0.25, 0.3) is 5.91 Å². The first-order valence-corrected chi connectivity index (χ1v) is 12.3. The van der Waals surface area contributed by atoms with Crippen molar-refractivity contribution >= 4 is 28.6 Å². The molecule has 1 amide bonds. The molecule has 0 radical (unpaired) electrons. The van der Waals surface area contributed by atoms with Crippen LogP contribution in [0.3, 0.4) is 0 Å². The second-order valence-electron chi connectivity index (χ2n) is 9.06. The van der Waals surface area contributed by atoms with Crippen LogP contribution in [0.25, 0.3) is 33.4 Å². The SMILES string of the molecule is CN(c1cc(-c2c[nH]c3ncc(-c4ccn[nH]4)cc23)ccn1)c1ncccc1C(=O)NCc1ccc(F)c(F)c1. The second-order valence-corrected chi connectivity index (χ2v) is 9.06. The molecule has 6 rings (SSSR count). The number of amides is 1. The molecular weight excluding hydrogens is 514 g/mol. The highest BCUT2D eigenvalue weighted by atomic mass is 19.2. The lowest BCUT2D eigenvalue weighted by atomic mass is 10.1. The molecule has 6 aromatic rings. The van der Waals surface area contributed by atoms with E-state index in [1.165, 1.54) is 6.07 Å². The molecule has 0 aliphatic heterocycles. The van der Waals surface area contributed by atoms with Crippen LogP contribution in [0.5, 0.6) is 0 Å². The zero-order valence-electron chi connectivity index (χ0n) is 21.2. The largest absolute Gasteiger partial charge is 0.348 e. The lowest BCUT2D eigenvalue weighted by Crippen LogP contribution is -2.26. The van der Waals surface area contributed by atoms with Gasteiger partial charge in [0.2, 0.25) is 0 Å². The number of benzene rings is 1. The van der Waals surface area contributed by atoms with Crippen molar-refractivity contribution < 1.29 is 13.6 Å². The maximum atomic E-state index is 13.6. The van der Waals surface area contributed by atoms with Crippen LogP contribution in [-0.2, 0) is 6.54 Å². The second kappa shape index (κ2) is 10.4. The summed E-state index contributed by atoms with van der Waals surface area (Å²) in [6.07, 6.45) is 8.65. The highest BCUT2D eigenvalue weighted by Crippen LogP contribution is 2.33. The Labute approximate surface area is 227 Å². The van der Waals surface area contributed by atoms with Crippen LogP contribution < -0.4 is 10.2 Å². The van der Waals surface area contributed by atoms with Gasteiger partial charge in [-0.15, -0.1) is 0 Å². The average Bonchev–Trinajstić information content (AvgIpc) is 3.68. The highest BCUT2D eigenvalue weighted by molar-refractivity contribution is 6.00. The molecule has 0 aliphatic carbocycles. The van der Waals surface area contributed by atoms with Crippen LogP contribution in [0.1, 0.15) is 15.9 Å². The molecule has 0 fully saturated rings. The maximum absolute atomic E-state index is 13.6. The summed E-state index contributed by atoms with van der Waals surface area (Å²) < 4.78 is 26.8. The molecule has 0 saturated heterocycles. The predicted molar refractivity (Wildman–Crippen MR) is 147 cm³/mol. The molecule has 0 saturated carbocycles. The van der Waals surface area contributed by atoms with Gasteiger partial charge in [-0.25, -0.2) is 23.7 Å². The van der Waals surface area contributed by atoms with Gasteiger partial charge in [0.15, 0.2) is 11.6 Å². The van der Waals surface area contributed by atoms with Crippen LogP contribution in [0.15, 0.2) is 85.6 Å². The van der Waals surface area contributed by atoms with E-state index in [0.29, 0.717) is 22.8 Å². The Bertz CT molecular complexity index is 1830. The molecule has 5 heterocycles. The van der Waals surface area contributed by atoms with E-state index in [9.17, 15) is 13.6 Å². The number of aromatic nitrogens is 6. The molecule has 40 heavy (non-hydrogen) atoms. The van der Waals surface area contributed by atoms with Gasteiger partial charge in [0.05, 0.1) is 11.3 Å². The van der Waals surface area contributed by atoms with Crippen LogP contribution in [0.4, 0.5) is 20.4 Å². The number of hydrogen-bond donors (Lipinski definition) is 3. The first kappa shape index (κ1) is 24.9. The van der Waals surface area contributed by atoms with Crippen molar-refractivity contribution in [1.29, 1.82) is 0 Å². The molecule has 0 atom stereocenters. The van der Waals surface area contributed by atoms with Gasteiger partial charge in [0, 0.05) is 61.1 Å². The van der Waals surface area contributed by atoms with Crippen LogP contribution >= 0.6 is 0 Å². The van der Waals surface area contributed by atoms with E-state index in [-0.39, 0.29) is 6.54 Å². The van der Waals surface area contributed by atoms with Gasteiger partial charge in [-0.1, -0.05) is 6.07 Å². The minimum atomic E-state index is -0.969. The van der Waals surface area contributed by atoms with E-state index in [1.54, 1.807) is 48.9 Å². The molecule has 3 N–H and O–H groups in total. The summed E-state index contributed by atoms with van der Waals surface area (Å²) in [4.78, 5) is 31.5. The predicted octanol–water partition coefficient (Wildman–Crippen LogP) is 5.39. The van der Waals surface area contributed by atoms with E-state index >= 15 is 0 Å². The Hall–Kier alpha value is -5.45. The van der Waals surface area contributed by atoms with Crippen molar-refractivity contribution in [2.45, 2.75) is 6.54 Å². The number of pyridine rings is 3. The fourth-order valence-electron chi connectivity index (χ4n) is 4.45. The molecule has 11 heteroatoms. The summed E-state index contributed by atoms with van der Waals surface area (Å²) in [6, 6.07) is 14.5. The average molecular weight is 537 g/mol. The molecule has 0 unspecified atom stereocenters. The van der Waals surface area contributed by atoms with Gasteiger partial charge in [-0.2, -0.15) is 5.10 Å². The molecule has 0 spiro atoms. The number of H-pyrrole nitrogens is 2. The van der Waals surface area contributed by atoms with Gasteiger partial charge in [-0.3, -0.25) is 9.89 Å². The number of rotatable bonds is 7. The van der Waals surface area contributed by atoms with Gasteiger partial charge < -0.3 is 15.2 Å². The number of anilines is 2. The Kier molecular flexibility index (Phi) is 6.44. The summed E-state index contributed by atoms with van der Waals surface area (Å²) in [5.41, 5.74) is 5.09. The van der Waals surface area contributed by atoms with Gasteiger partial charge in [-0.05, 0) is 59.7 Å². The molecule has 0 bridgehead atoms. The Balaban J connectivity index is 1.28. The molecule has 0 aliphatic rings. The lowest BCUT2D eigenvalue weighted by molar-refractivity contribution is 0.0951. The number of carbonyl (C=O) groups is 1. The van der Waals surface area contributed by atoms with Crippen molar-refractivity contribution in [1.82, 2.24) is 35.5 Å². The highest BCUT2D eigenvalue weighted by Gasteiger charge is 2.19. The first-order valence-electron chi connectivity index (χ1n) is 12.3. The van der Waals surface area contributed by atoms with Crippen molar-refractivity contribution in [3.8, 4) is 22.4 Å². The number of hydrogen-bond acceptors (Lipinski definition) is 6. The number of aromatic amines is 2. The van der Waals surface area contributed by atoms with Gasteiger partial charge >= 0.3 is 0 Å². The first-order chi connectivity index (χ1) is 19.5. The summed E-state index contributed by atoms with van der Waals surface area (Å²) in [5.74, 6) is -1.37. The van der Waals surface area contributed by atoms with Crippen molar-refractivity contribution in [2.75, 3.05) is 11.9 Å². The Morgan fingerprint density at radius 2 is 1.85 bits per heavy atom. The van der Waals surface area contributed by atoms with E-state index in [4.69, 9.17) is 0 Å². The summed E-state index contributed by atoms with van der Waals surface area (Å²) in [7, 11) is 1.77. The van der Waals surface area contributed by atoms with Gasteiger partial charge in [0.1, 0.15) is 17.3 Å². The topological polar surface area (TPSA) is 115 Å². The minimum absolute atomic E-state index is 0.0248. The third-order valence-electron chi connectivity index (χ3n) is 6.53. The smallest absolute Gasteiger partial charge is 0.255 e. The molecular formula is C29H22F2N8O. The fourth-order valence-corrected chi connectivity index (χ4v) is 4.45. The number of nitrogens with zero attached hydrogens (tertiary/aromatic N) is 5. The van der Waals surface area contributed by atoms with Crippen molar-refractivity contribution in [3.63, 3.8) is 0 Å². The number of nitrogens with one attached hydrogen (secondary N) is 3. The summed E-state index contributed by atoms with van der Waals surface area (Å²) in [6.45, 7) is 0.0248. The van der Waals surface area contributed by atoms with Crippen LogP contribution in [0.2, 0.25) is 0 Å². The summed E-state index contributed by atoms with van der Waals surface area (Å²) >= 11 is 0. The van der Waals surface area contributed by atoms with E-state index in [1.807, 2.05) is 30.5 Å². The lowest BCUT2D eigenvalue weighted by Gasteiger charge is -2.20. The third kappa shape index (κ3) is 4.75. The normalized spacial score (nSPS) is 11.1. The van der Waals surface area contributed by atoms with E-state index < -0.39 is 17.5 Å². The Morgan fingerprint density at radius 1 is 0.950 bits per heavy atom. The summed E-state index contributed by atoms with van der Waals surface area (Å²) in [5, 5.41) is 10.7. The van der Waals surface area contributed by atoms with E-state index in [2.05, 4.69) is 35.5 Å². The zero-order valence-corrected chi connectivity index (χ0v) is 21.2. The molecule has 5 aromatic heterocycles. The van der Waals surface area contributed by atoms with Crippen molar-refractivity contribution in [2.24, 2.45) is 0 Å². The monoisotopic (exact) mass is 536 g/mol. The minimum Gasteiger partial charge on any atom is -0.348 e. The van der Waals surface area contributed by atoms with Crippen LogP contribution in [0, 0.1) is 11.6 Å². The number of halogens is 2. The zero-order chi connectivity index (χ0) is 27.6. The Morgan fingerprint density at radius 3 is 2.67 bits per heavy atom. The molecule has 1 aromatic carbocycles. The van der Waals surface area contributed by atoms with E-state index in [0.717, 1.165) is 45.6 Å². The number of fused-ring (bicyclic) bond motifs is 1. The van der Waals surface area contributed by atoms with Crippen LogP contribution in [-0.4, -0.2) is 43.1 Å². The molecule has 198 valence electrons. The molecule has 9 nitrogen and oxygen atoms in total. The fraction of sp³-hybridized carbons (Fsp3) is 0.0690.